The number of carbonyl (C=O) groups excluding carboxylic acids is 1. The summed E-state index contributed by atoms with van der Waals surface area (Å²) in [5.74, 6) is -0.0117. The first-order chi connectivity index (χ1) is 11.3. The Balaban J connectivity index is 2.18. The second-order valence-electron chi connectivity index (χ2n) is 4.60. The number of carbonyl (C=O) groups is 1. The van der Waals surface area contributed by atoms with Crippen molar-refractivity contribution in [1.29, 1.82) is 0 Å². The zero-order valence-electron chi connectivity index (χ0n) is 13.2. The summed E-state index contributed by atoms with van der Waals surface area (Å²) in [6, 6.07) is 6.48. The third-order valence-corrected chi connectivity index (χ3v) is 5.81. The lowest BCUT2D eigenvalue weighted by atomic mass is 10.3. The highest BCUT2D eigenvalue weighted by Crippen LogP contribution is 2.25. The lowest BCUT2D eigenvalue weighted by Crippen LogP contribution is -2.37. The molecular weight excluding hydrogens is 372 g/mol. The van der Waals surface area contributed by atoms with Gasteiger partial charge in [-0.05, 0) is 18.4 Å². The molecule has 0 fully saturated rings. The third-order valence-electron chi connectivity index (χ3n) is 2.86. The van der Waals surface area contributed by atoms with Crippen LogP contribution in [0.3, 0.4) is 0 Å². The Labute approximate surface area is 148 Å². The molecule has 0 spiro atoms. The van der Waals surface area contributed by atoms with Crippen molar-refractivity contribution in [1.82, 2.24) is 10.2 Å². The van der Waals surface area contributed by atoms with E-state index in [9.17, 15) is 13.2 Å². The van der Waals surface area contributed by atoms with Gasteiger partial charge in [0.15, 0.2) is 4.34 Å². The summed E-state index contributed by atoms with van der Waals surface area (Å²) in [5, 5.41) is 10.6. The summed E-state index contributed by atoms with van der Waals surface area (Å²) in [6.07, 6.45) is 2.89. The maximum Gasteiger partial charge on any atom is 0.246 e. The summed E-state index contributed by atoms with van der Waals surface area (Å²) in [5.41, 5.74) is 0.342. The molecule has 1 aromatic heterocycles. The summed E-state index contributed by atoms with van der Waals surface area (Å²) in [4.78, 5) is 12.2. The van der Waals surface area contributed by atoms with E-state index in [-0.39, 0.29) is 6.54 Å². The van der Waals surface area contributed by atoms with Gasteiger partial charge in [0, 0.05) is 6.07 Å². The minimum absolute atomic E-state index is 0.323. The van der Waals surface area contributed by atoms with E-state index >= 15 is 0 Å². The van der Waals surface area contributed by atoms with E-state index < -0.39 is 15.9 Å². The molecule has 0 saturated heterocycles. The lowest BCUT2D eigenvalue weighted by molar-refractivity contribution is -0.114. The van der Waals surface area contributed by atoms with E-state index in [0.29, 0.717) is 20.9 Å². The third kappa shape index (κ3) is 4.82. The Bertz CT molecular complexity index is 822. The smallest absolute Gasteiger partial charge is 0.246 e. The fraction of sp³-hybridized carbons (Fsp3) is 0.308. The largest absolute Gasteiger partial charge is 0.497 e. The molecule has 0 saturated carbocycles. The Hall–Kier alpha value is -1.85. The van der Waals surface area contributed by atoms with E-state index in [0.717, 1.165) is 10.6 Å². The van der Waals surface area contributed by atoms with Gasteiger partial charge in [0.1, 0.15) is 12.3 Å². The number of benzene rings is 1. The number of ether oxygens (including phenoxy) is 1. The maximum atomic E-state index is 12.2. The van der Waals surface area contributed by atoms with E-state index in [1.807, 2.05) is 6.26 Å². The molecule has 11 heteroatoms. The number of rotatable bonds is 7. The van der Waals surface area contributed by atoms with Gasteiger partial charge in [-0.15, -0.1) is 10.2 Å². The second kappa shape index (κ2) is 7.81. The van der Waals surface area contributed by atoms with Crippen molar-refractivity contribution in [3.63, 3.8) is 0 Å². The van der Waals surface area contributed by atoms with Crippen LogP contribution in [0.25, 0.3) is 0 Å². The second-order valence-corrected chi connectivity index (χ2v) is 8.53. The molecule has 0 atom stereocenters. The minimum atomic E-state index is -3.65. The van der Waals surface area contributed by atoms with Crippen LogP contribution < -0.4 is 14.4 Å². The molecule has 0 unspecified atom stereocenters. The molecule has 2 aromatic rings. The molecule has 1 aromatic carbocycles. The molecule has 0 aliphatic heterocycles. The van der Waals surface area contributed by atoms with Crippen LogP contribution in [-0.4, -0.2) is 50.7 Å². The molecule has 1 amide bonds. The number of thioether (sulfide) groups is 1. The Morgan fingerprint density at radius 2 is 2.17 bits per heavy atom. The van der Waals surface area contributed by atoms with Crippen LogP contribution in [0.15, 0.2) is 28.6 Å². The van der Waals surface area contributed by atoms with E-state index in [1.54, 1.807) is 24.3 Å². The number of methoxy groups -OCH3 is 1. The fourth-order valence-corrected chi connectivity index (χ4v) is 3.83. The first-order valence-electron chi connectivity index (χ1n) is 6.62. The summed E-state index contributed by atoms with van der Waals surface area (Å²) < 4.78 is 30.9. The molecule has 24 heavy (non-hydrogen) atoms. The zero-order valence-corrected chi connectivity index (χ0v) is 15.7. The maximum absolute atomic E-state index is 12.2. The first-order valence-corrected chi connectivity index (χ1v) is 10.5. The van der Waals surface area contributed by atoms with Crippen molar-refractivity contribution in [2.24, 2.45) is 0 Å². The van der Waals surface area contributed by atoms with Crippen LogP contribution >= 0.6 is 23.1 Å². The Kier molecular flexibility index (Phi) is 6.02. The van der Waals surface area contributed by atoms with Crippen molar-refractivity contribution in [3.05, 3.63) is 24.3 Å². The molecule has 0 aliphatic carbocycles. The van der Waals surface area contributed by atoms with E-state index in [4.69, 9.17) is 4.74 Å². The number of anilines is 2. The summed E-state index contributed by atoms with van der Waals surface area (Å²) in [7, 11) is -2.17. The highest BCUT2D eigenvalue weighted by molar-refractivity contribution is 8.00. The highest BCUT2D eigenvalue weighted by Gasteiger charge is 2.22. The molecular formula is C13H16N4O4S3. The van der Waals surface area contributed by atoms with E-state index in [2.05, 4.69) is 15.5 Å². The molecule has 0 aliphatic rings. The minimum Gasteiger partial charge on any atom is -0.497 e. The van der Waals surface area contributed by atoms with Gasteiger partial charge in [0.2, 0.25) is 21.1 Å². The van der Waals surface area contributed by atoms with Crippen LogP contribution in [0.5, 0.6) is 5.75 Å². The number of sulfonamides is 1. The number of nitrogens with zero attached hydrogens (tertiary/aromatic N) is 3. The van der Waals surface area contributed by atoms with Gasteiger partial charge in [-0.3, -0.25) is 14.4 Å². The molecule has 1 heterocycles. The standard InChI is InChI=1S/C13H16N4O4S3/c1-21-10-6-4-5-9(7-10)17(24(3,19)20)8-11(18)14-12-15-16-13(22-2)23-12/h4-7H,8H2,1-3H3,(H,14,15,18). The van der Waals surface area contributed by atoms with Gasteiger partial charge in [-0.25, -0.2) is 8.42 Å². The highest BCUT2D eigenvalue weighted by atomic mass is 32.2. The molecule has 0 bridgehead atoms. The number of aromatic nitrogens is 2. The van der Waals surface area contributed by atoms with Crippen molar-refractivity contribution < 1.29 is 17.9 Å². The average Bonchev–Trinajstić information content (AvgIpc) is 2.99. The first kappa shape index (κ1) is 18.5. The van der Waals surface area contributed by atoms with Crippen LogP contribution in [0, 0.1) is 0 Å². The van der Waals surface area contributed by atoms with Crippen molar-refractivity contribution in [2.45, 2.75) is 4.34 Å². The number of amides is 1. The zero-order chi connectivity index (χ0) is 17.7. The predicted octanol–water partition coefficient (Wildman–Crippen LogP) is 1.67. The van der Waals surface area contributed by atoms with Gasteiger partial charge < -0.3 is 4.74 Å². The van der Waals surface area contributed by atoms with Crippen LogP contribution in [-0.2, 0) is 14.8 Å². The molecule has 0 radical (unpaired) electrons. The number of nitrogens with one attached hydrogen (secondary N) is 1. The number of hydrogen-bond donors (Lipinski definition) is 1. The lowest BCUT2D eigenvalue weighted by Gasteiger charge is -2.21. The molecule has 2 rings (SSSR count). The fourth-order valence-electron chi connectivity index (χ4n) is 1.80. The van der Waals surface area contributed by atoms with Crippen molar-refractivity contribution in [2.75, 3.05) is 35.8 Å². The Morgan fingerprint density at radius 3 is 2.75 bits per heavy atom. The van der Waals surface area contributed by atoms with Crippen LogP contribution in [0.2, 0.25) is 0 Å². The SMILES string of the molecule is COc1cccc(N(CC(=O)Nc2nnc(SC)s2)S(C)(=O)=O)c1. The summed E-state index contributed by atoms with van der Waals surface area (Å²) in [6.45, 7) is -0.375. The predicted molar refractivity (Wildman–Crippen MR) is 95.5 cm³/mol. The van der Waals surface area contributed by atoms with Gasteiger partial charge in [-0.1, -0.05) is 29.2 Å². The van der Waals surface area contributed by atoms with Crippen molar-refractivity contribution >= 4 is 49.8 Å². The van der Waals surface area contributed by atoms with E-state index in [1.165, 1.54) is 30.2 Å². The van der Waals surface area contributed by atoms with Crippen LogP contribution in [0.4, 0.5) is 10.8 Å². The van der Waals surface area contributed by atoms with Gasteiger partial charge in [0.25, 0.3) is 0 Å². The van der Waals surface area contributed by atoms with Gasteiger partial charge >= 0.3 is 0 Å². The topological polar surface area (TPSA) is 101 Å². The Morgan fingerprint density at radius 1 is 1.42 bits per heavy atom. The normalized spacial score (nSPS) is 11.1. The average molecular weight is 388 g/mol. The monoisotopic (exact) mass is 388 g/mol. The molecule has 130 valence electrons. The van der Waals surface area contributed by atoms with Gasteiger partial charge in [0.05, 0.1) is 19.1 Å². The summed E-state index contributed by atoms with van der Waals surface area (Å²) >= 11 is 2.63. The molecule has 1 N–H and O–H groups in total. The van der Waals surface area contributed by atoms with Crippen LogP contribution in [0.1, 0.15) is 0 Å². The van der Waals surface area contributed by atoms with Crippen molar-refractivity contribution in [3.8, 4) is 5.75 Å². The quantitative estimate of drug-likeness (QED) is 0.569. The van der Waals surface area contributed by atoms with Gasteiger partial charge in [-0.2, -0.15) is 0 Å². The number of hydrogen-bond acceptors (Lipinski definition) is 8. The molecule has 8 nitrogen and oxygen atoms in total.